The smallest absolute Gasteiger partial charge is 0.232 e. The zero-order valence-electron chi connectivity index (χ0n) is 16.8. The van der Waals surface area contributed by atoms with Crippen molar-refractivity contribution in [3.8, 4) is 0 Å². The maximum Gasteiger partial charge on any atom is 0.232 e. The van der Waals surface area contributed by atoms with Crippen molar-refractivity contribution in [3.05, 3.63) is 18.0 Å². The molecule has 0 atom stereocenters. The second kappa shape index (κ2) is 12.8. The van der Waals surface area contributed by atoms with Gasteiger partial charge in [0.25, 0.3) is 0 Å². The van der Waals surface area contributed by atoms with Crippen molar-refractivity contribution >= 4 is 11.9 Å². The first kappa shape index (κ1) is 21.6. The van der Waals surface area contributed by atoms with Crippen LogP contribution in [0.1, 0.15) is 97.6 Å². The number of unbranched alkanes of at least 4 members (excludes halogenated alkanes) is 3. The fourth-order valence-electron chi connectivity index (χ4n) is 3.09. The maximum absolute atomic E-state index is 12.9. The summed E-state index contributed by atoms with van der Waals surface area (Å²) in [7, 11) is 0. The van der Waals surface area contributed by atoms with Crippen molar-refractivity contribution in [1.29, 1.82) is 0 Å². The first-order valence-corrected chi connectivity index (χ1v) is 10.3. The molecule has 0 N–H and O–H groups in total. The molecule has 0 unspecified atom stereocenters. The largest absolute Gasteiger partial charge is 0.278 e. The lowest BCUT2D eigenvalue weighted by Crippen LogP contribution is -2.41. The van der Waals surface area contributed by atoms with E-state index in [1.807, 2.05) is 17.2 Å². The topological polar surface area (TPSA) is 46.1 Å². The maximum atomic E-state index is 12.9. The zero-order valence-corrected chi connectivity index (χ0v) is 16.8. The summed E-state index contributed by atoms with van der Waals surface area (Å²) < 4.78 is 0. The second-order valence-corrected chi connectivity index (χ2v) is 6.90. The highest BCUT2D eigenvalue weighted by Crippen LogP contribution is 2.22. The molecule has 1 amide bonds. The standard InChI is InChI=1S/C21H37N3O/c1-5-9-13-18-16-17-22-21(23-18)24(20(25)12-8-4)19(14-10-6-2)15-11-7-3/h16-17,19H,5-15H2,1-4H3. The minimum Gasteiger partial charge on any atom is -0.278 e. The van der Waals surface area contributed by atoms with Gasteiger partial charge in [0.05, 0.1) is 0 Å². The van der Waals surface area contributed by atoms with E-state index in [-0.39, 0.29) is 11.9 Å². The molecule has 0 bridgehead atoms. The van der Waals surface area contributed by atoms with Crippen LogP contribution in [-0.4, -0.2) is 21.9 Å². The van der Waals surface area contributed by atoms with Gasteiger partial charge in [-0.25, -0.2) is 9.97 Å². The lowest BCUT2D eigenvalue weighted by molar-refractivity contribution is -0.119. The SMILES string of the molecule is CCCCc1ccnc(N(C(=O)CCC)C(CCCC)CCCC)n1. The van der Waals surface area contributed by atoms with Gasteiger partial charge in [0.15, 0.2) is 0 Å². The Morgan fingerprint density at radius 3 is 2.20 bits per heavy atom. The number of aromatic nitrogens is 2. The van der Waals surface area contributed by atoms with Crippen LogP contribution in [0.15, 0.2) is 12.3 Å². The molecule has 0 saturated carbocycles. The van der Waals surface area contributed by atoms with Gasteiger partial charge in [-0.05, 0) is 38.2 Å². The molecule has 1 aromatic rings. The molecule has 1 heterocycles. The fourth-order valence-corrected chi connectivity index (χ4v) is 3.09. The molecule has 0 radical (unpaired) electrons. The molecule has 0 aliphatic carbocycles. The number of rotatable bonds is 13. The fraction of sp³-hybridized carbons (Fsp3) is 0.762. The van der Waals surface area contributed by atoms with E-state index in [2.05, 4.69) is 32.7 Å². The van der Waals surface area contributed by atoms with E-state index in [0.717, 1.165) is 69.9 Å². The van der Waals surface area contributed by atoms with Gasteiger partial charge in [-0.15, -0.1) is 0 Å². The third kappa shape index (κ3) is 7.54. The molecule has 0 spiro atoms. The molecule has 0 aromatic carbocycles. The highest BCUT2D eigenvalue weighted by molar-refractivity contribution is 5.92. The second-order valence-electron chi connectivity index (χ2n) is 6.90. The number of hydrogen-bond acceptors (Lipinski definition) is 3. The Balaban J connectivity index is 3.09. The minimum absolute atomic E-state index is 0.173. The van der Waals surface area contributed by atoms with E-state index in [0.29, 0.717) is 12.4 Å². The molecule has 1 rings (SSSR count). The van der Waals surface area contributed by atoms with Gasteiger partial charge in [-0.1, -0.05) is 59.8 Å². The predicted molar refractivity (Wildman–Crippen MR) is 106 cm³/mol. The highest BCUT2D eigenvalue weighted by Gasteiger charge is 2.26. The van der Waals surface area contributed by atoms with Crippen molar-refractivity contribution in [3.63, 3.8) is 0 Å². The average molecular weight is 348 g/mol. The highest BCUT2D eigenvalue weighted by atomic mass is 16.2. The molecule has 4 heteroatoms. The Labute approximate surface area is 154 Å². The Kier molecular flexibility index (Phi) is 11.1. The summed E-state index contributed by atoms with van der Waals surface area (Å²) in [6.07, 6.45) is 13.1. The normalized spacial score (nSPS) is 11.1. The Bertz CT molecular complexity index is 482. The lowest BCUT2D eigenvalue weighted by Gasteiger charge is -2.30. The number of carbonyl (C=O) groups excluding carboxylic acids is 1. The summed E-state index contributed by atoms with van der Waals surface area (Å²) in [4.78, 5) is 24.0. The molecule has 0 aliphatic rings. The van der Waals surface area contributed by atoms with Gasteiger partial charge in [-0.3, -0.25) is 9.69 Å². The van der Waals surface area contributed by atoms with Crippen LogP contribution in [-0.2, 0) is 11.2 Å². The molecule has 0 saturated heterocycles. The van der Waals surface area contributed by atoms with E-state index < -0.39 is 0 Å². The predicted octanol–water partition coefficient (Wildman–Crippen LogP) is 5.70. The van der Waals surface area contributed by atoms with Crippen molar-refractivity contribution in [2.75, 3.05) is 4.90 Å². The van der Waals surface area contributed by atoms with Crippen molar-refractivity contribution in [2.24, 2.45) is 0 Å². The quantitative estimate of drug-likeness (QED) is 0.460. The Morgan fingerprint density at radius 2 is 1.64 bits per heavy atom. The van der Waals surface area contributed by atoms with E-state index in [1.165, 1.54) is 0 Å². The van der Waals surface area contributed by atoms with Crippen LogP contribution in [0, 0.1) is 0 Å². The lowest BCUT2D eigenvalue weighted by atomic mass is 10.0. The van der Waals surface area contributed by atoms with Gasteiger partial charge in [0.1, 0.15) is 0 Å². The summed E-state index contributed by atoms with van der Waals surface area (Å²) in [6, 6.07) is 2.20. The zero-order chi connectivity index (χ0) is 18.5. The number of nitrogens with zero attached hydrogens (tertiary/aromatic N) is 3. The van der Waals surface area contributed by atoms with Gasteiger partial charge in [0, 0.05) is 24.4 Å². The average Bonchev–Trinajstić information content (AvgIpc) is 2.62. The van der Waals surface area contributed by atoms with Crippen LogP contribution in [0.25, 0.3) is 0 Å². The monoisotopic (exact) mass is 347 g/mol. The van der Waals surface area contributed by atoms with Gasteiger partial charge in [0.2, 0.25) is 11.9 Å². The van der Waals surface area contributed by atoms with Crippen LogP contribution in [0.4, 0.5) is 5.95 Å². The first-order valence-electron chi connectivity index (χ1n) is 10.3. The molecular weight excluding hydrogens is 310 g/mol. The summed E-state index contributed by atoms with van der Waals surface area (Å²) in [5.74, 6) is 0.789. The molecule has 1 aromatic heterocycles. The van der Waals surface area contributed by atoms with Gasteiger partial charge in [-0.2, -0.15) is 0 Å². The summed E-state index contributed by atoms with van der Waals surface area (Å²) in [6.45, 7) is 8.65. The van der Waals surface area contributed by atoms with Crippen LogP contribution in [0.5, 0.6) is 0 Å². The first-order chi connectivity index (χ1) is 12.2. The molecule has 25 heavy (non-hydrogen) atoms. The molecule has 142 valence electrons. The van der Waals surface area contributed by atoms with Crippen molar-refractivity contribution < 1.29 is 4.79 Å². The summed E-state index contributed by atoms with van der Waals surface area (Å²) in [5.41, 5.74) is 1.05. The van der Waals surface area contributed by atoms with E-state index in [9.17, 15) is 4.79 Å². The van der Waals surface area contributed by atoms with Crippen molar-refractivity contribution in [1.82, 2.24) is 9.97 Å². The van der Waals surface area contributed by atoms with E-state index in [4.69, 9.17) is 4.98 Å². The number of carbonyl (C=O) groups is 1. The number of amides is 1. The number of hydrogen-bond donors (Lipinski definition) is 0. The van der Waals surface area contributed by atoms with Crippen LogP contribution in [0.3, 0.4) is 0 Å². The number of anilines is 1. The summed E-state index contributed by atoms with van der Waals surface area (Å²) >= 11 is 0. The van der Waals surface area contributed by atoms with E-state index in [1.54, 1.807) is 0 Å². The summed E-state index contributed by atoms with van der Waals surface area (Å²) in [5, 5.41) is 0. The third-order valence-corrected chi connectivity index (χ3v) is 4.58. The molecule has 4 nitrogen and oxygen atoms in total. The van der Waals surface area contributed by atoms with Gasteiger partial charge >= 0.3 is 0 Å². The minimum atomic E-state index is 0.173. The Morgan fingerprint density at radius 1 is 1.00 bits per heavy atom. The van der Waals surface area contributed by atoms with Crippen LogP contribution < -0.4 is 4.90 Å². The van der Waals surface area contributed by atoms with E-state index >= 15 is 0 Å². The van der Waals surface area contributed by atoms with Gasteiger partial charge < -0.3 is 0 Å². The molecular formula is C21H37N3O. The number of aryl methyl sites for hydroxylation is 1. The van der Waals surface area contributed by atoms with Crippen molar-refractivity contribution in [2.45, 2.75) is 104 Å². The Hall–Kier alpha value is -1.45. The van der Waals surface area contributed by atoms with Crippen LogP contribution in [0.2, 0.25) is 0 Å². The molecule has 0 aliphatic heterocycles. The molecule has 0 fully saturated rings. The van der Waals surface area contributed by atoms with Crippen LogP contribution >= 0.6 is 0 Å². The third-order valence-electron chi connectivity index (χ3n) is 4.58.